The number of nitrogens with zero attached hydrogens (tertiary/aromatic N) is 1. The molecular formula is C6H16NO4S+. The van der Waals surface area contributed by atoms with Gasteiger partial charge in [-0.2, -0.15) is 8.42 Å². The van der Waals surface area contributed by atoms with E-state index in [2.05, 4.69) is 8.37 Å². The van der Waals surface area contributed by atoms with Crippen molar-refractivity contribution in [1.82, 2.24) is 0 Å². The Morgan fingerprint density at radius 2 is 1.75 bits per heavy atom. The normalized spacial score (nSPS) is 13.3. The minimum Gasteiger partial charge on any atom is -0.329 e. The van der Waals surface area contributed by atoms with E-state index in [0.717, 1.165) is 7.11 Å². The molecule has 0 aromatic carbocycles. The molecule has 0 saturated carbocycles. The standard InChI is InChI=1S/C6H16NO4S/c1-7(2,3)5-6-11-12(8,9)10-4/h5-6H2,1-4H3/q+1. The molecule has 0 radical (unpaired) electrons. The van der Waals surface area contributed by atoms with Crippen molar-refractivity contribution in [2.24, 2.45) is 0 Å². The molecule has 0 fully saturated rings. The molecule has 0 spiro atoms. The Morgan fingerprint density at radius 3 is 2.08 bits per heavy atom. The molecule has 0 aromatic heterocycles. The van der Waals surface area contributed by atoms with Gasteiger partial charge >= 0.3 is 10.4 Å². The van der Waals surface area contributed by atoms with Gasteiger partial charge in [0.05, 0.1) is 28.3 Å². The smallest absolute Gasteiger partial charge is 0.329 e. The van der Waals surface area contributed by atoms with Gasteiger partial charge in [0.25, 0.3) is 0 Å². The number of quaternary nitrogens is 1. The number of likely N-dealkylation sites (N-methyl/N-ethyl adjacent to an activating group) is 1. The quantitative estimate of drug-likeness (QED) is 0.564. The highest BCUT2D eigenvalue weighted by Crippen LogP contribution is 1.95. The summed E-state index contributed by atoms with van der Waals surface area (Å²) in [6.45, 7) is 0.752. The third-order valence-corrected chi connectivity index (χ3v) is 2.06. The van der Waals surface area contributed by atoms with Crippen LogP contribution in [0.2, 0.25) is 0 Å². The van der Waals surface area contributed by atoms with E-state index in [-0.39, 0.29) is 6.61 Å². The van der Waals surface area contributed by atoms with Crippen LogP contribution in [0, 0.1) is 0 Å². The van der Waals surface area contributed by atoms with Crippen LogP contribution in [0.15, 0.2) is 0 Å². The van der Waals surface area contributed by atoms with Crippen molar-refractivity contribution >= 4 is 10.4 Å². The summed E-state index contributed by atoms with van der Waals surface area (Å²) >= 11 is 0. The van der Waals surface area contributed by atoms with Gasteiger partial charge in [-0.25, -0.2) is 4.18 Å². The topological polar surface area (TPSA) is 52.6 Å². The van der Waals surface area contributed by atoms with Crippen molar-refractivity contribution in [1.29, 1.82) is 0 Å². The van der Waals surface area contributed by atoms with Gasteiger partial charge in [-0.1, -0.05) is 0 Å². The largest absolute Gasteiger partial charge is 0.399 e. The lowest BCUT2D eigenvalue weighted by atomic mass is 10.5. The summed E-state index contributed by atoms with van der Waals surface area (Å²) in [7, 11) is 3.16. The maximum Gasteiger partial charge on any atom is 0.399 e. The number of hydrogen-bond donors (Lipinski definition) is 0. The molecule has 0 aliphatic carbocycles. The van der Waals surface area contributed by atoms with Gasteiger partial charge in [0.1, 0.15) is 13.2 Å². The fraction of sp³-hybridized carbons (Fsp3) is 1.00. The lowest BCUT2D eigenvalue weighted by molar-refractivity contribution is -0.870. The molecule has 0 aliphatic rings. The maximum absolute atomic E-state index is 10.6. The van der Waals surface area contributed by atoms with Crippen LogP contribution in [0.25, 0.3) is 0 Å². The van der Waals surface area contributed by atoms with Crippen molar-refractivity contribution in [2.75, 3.05) is 41.4 Å². The average molecular weight is 198 g/mol. The molecule has 0 rings (SSSR count). The van der Waals surface area contributed by atoms with Gasteiger partial charge in [0, 0.05) is 0 Å². The molecule has 0 bridgehead atoms. The molecule has 0 aromatic rings. The van der Waals surface area contributed by atoms with Crippen molar-refractivity contribution in [2.45, 2.75) is 0 Å². The Labute approximate surface area is 73.8 Å². The Balaban J connectivity index is 3.73. The second-order valence-corrected chi connectivity index (χ2v) is 4.80. The summed E-state index contributed by atoms with van der Waals surface area (Å²) in [4.78, 5) is 0. The minimum absolute atomic E-state index is 0.139. The molecule has 0 amide bonds. The Hall–Kier alpha value is -0.170. The summed E-state index contributed by atoms with van der Waals surface area (Å²) in [6.07, 6.45) is 0. The van der Waals surface area contributed by atoms with Crippen molar-refractivity contribution in [3.63, 3.8) is 0 Å². The molecule has 74 valence electrons. The van der Waals surface area contributed by atoms with E-state index in [1.54, 1.807) is 0 Å². The van der Waals surface area contributed by atoms with Crippen LogP contribution >= 0.6 is 0 Å². The summed E-state index contributed by atoms with van der Waals surface area (Å²) in [6, 6.07) is 0. The van der Waals surface area contributed by atoms with Crippen LogP contribution in [0.5, 0.6) is 0 Å². The van der Waals surface area contributed by atoms with Crippen LogP contribution in [-0.2, 0) is 18.8 Å². The molecule has 0 unspecified atom stereocenters. The predicted octanol–water partition coefficient (Wildman–Crippen LogP) is -0.400. The number of hydrogen-bond acceptors (Lipinski definition) is 4. The zero-order chi connectivity index (χ0) is 9.83. The van der Waals surface area contributed by atoms with Gasteiger partial charge < -0.3 is 4.48 Å². The van der Waals surface area contributed by atoms with E-state index in [1.165, 1.54) is 0 Å². The first-order valence-corrected chi connectivity index (χ1v) is 4.85. The lowest BCUT2D eigenvalue weighted by Crippen LogP contribution is -2.38. The highest BCUT2D eigenvalue weighted by atomic mass is 32.3. The van der Waals surface area contributed by atoms with Gasteiger partial charge in [-0.05, 0) is 0 Å². The third kappa shape index (κ3) is 6.53. The zero-order valence-corrected chi connectivity index (χ0v) is 8.72. The van der Waals surface area contributed by atoms with Crippen LogP contribution in [-0.4, -0.2) is 54.3 Å². The van der Waals surface area contributed by atoms with Crippen molar-refractivity contribution in [3.05, 3.63) is 0 Å². The summed E-state index contributed by atoms with van der Waals surface area (Å²) < 4.78 is 30.5. The summed E-state index contributed by atoms with van der Waals surface area (Å²) in [5, 5.41) is 0. The summed E-state index contributed by atoms with van der Waals surface area (Å²) in [5.41, 5.74) is 0. The molecular weight excluding hydrogens is 182 g/mol. The monoisotopic (exact) mass is 198 g/mol. The van der Waals surface area contributed by atoms with E-state index < -0.39 is 10.4 Å². The van der Waals surface area contributed by atoms with Crippen LogP contribution in [0.4, 0.5) is 0 Å². The SMILES string of the molecule is COS(=O)(=O)OCC[N+](C)(C)C. The third-order valence-electron chi connectivity index (χ3n) is 1.19. The van der Waals surface area contributed by atoms with Crippen LogP contribution < -0.4 is 0 Å². The number of rotatable bonds is 5. The van der Waals surface area contributed by atoms with E-state index in [4.69, 9.17) is 0 Å². The Morgan fingerprint density at radius 1 is 1.25 bits per heavy atom. The maximum atomic E-state index is 10.6. The highest BCUT2D eigenvalue weighted by molar-refractivity contribution is 7.81. The van der Waals surface area contributed by atoms with E-state index in [0.29, 0.717) is 11.0 Å². The Bertz CT molecular complexity index is 216. The second kappa shape index (κ2) is 4.18. The summed E-state index contributed by atoms with van der Waals surface area (Å²) in [5.74, 6) is 0. The van der Waals surface area contributed by atoms with Crippen LogP contribution in [0.1, 0.15) is 0 Å². The molecule has 0 heterocycles. The highest BCUT2D eigenvalue weighted by Gasteiger charge is 2.12. The van der Waals surface area contributed by atoms with Gasteiger partial charge in [0.2, 0.25) is 0 Å². The first kappa shape index (κ1) is 11.8. The van der Waals surface area contributed by atoms with Gasteiger partial charge in [-0.3, -0.25) is 4.18 Å². The molecule has 6 heteroatoms. The predicted molar refractivity (Wildman–Crippen MR) is 44.8 cm³/mol. The second-order valence-electron chi connectivity index (χ2n) is 3.41. The average Bonchev–Trinajstić information content (AvgIpc) is 1.84. The van der Waals surface area contributed by atoms with Gasteiger partial charge in [0.15, 0.2) is 0 Å². The first-order chi connectivity index (χ1) is 5.27. The molecule has 5 nitrogen and oxygen atoms in total. The van der Waals surface area contributed by atoms with Crippen molar-refractivity contribution < 1.29 is 21.3 Å². The minimum atomic E-state index is -3.75. The Kier molecular flexibility index (Phi) is 4.12. The van der Waals surface area contributed by atoms with Crippen molar-refractivity contribution in [3.8, 4) is 0 Å². The van der Waals surface area contributed by atoms with E-state index in [1.807, 2.05) is 21.1 Å². The van der Waals surface area contributed by atoms with E-state index >= 15 is 0 Å². The first-order valence-electron chi connectivity index (χ1n) is 3.52. The zero-order valence-electron chi connectivity index (χ0n) is 7.90. The lowest BCUT2D eigenvalue weighted by Gasteiger charge is -2.22. The molecule has 0 saturated heterocycles. The van der Waals surface area contributed by atoms with Gasteiger partial charge in [-0.15, -0.1) is 0 Å². The molecule has 0 N–H and O–H groups in total. The fourth-order valence-corrected chi connectivity index (χ4v) is 0.836. The van der Waals surface area contributed by atoms with E-state index in [9.17, 15) is 8.42 Å². The molecule has 0 atom stereocenters. The van der Waals surface area contributed by atoms with Crippen LogP contribution in [0.3, 0.4) is 0 Å². The fourth-order valence-electron chi connectivity index (χ4n) is 0.461. The molecule has 12 heavy (non-hydrogen) atoms. The molecule has 0 aliphatic heterocycles.